The number of nitrogens with zero attached hydrogens (tertiary/aromatic N) is 1. The van der Waals surface area contributed by atoms with Gasteiger partial charge in [0.2, 0.25) is 0 Å². The minimum atomic E-state index is -0.494. The van der Waals surface area contributed by atoms with Crippen LogP contribution in [0.25, 0.3) is 0 Å². The second kappa shape index (κ2) is 17.3. The molecular formula is C25H40N2O4. The summed E-state index contributed by atoms with van der Waals surface area (Å²) in [5, 5.41) is 11.0. The van der Waals surface area contributed by atoms with Crippen LogP contribution in [-0.2, 0) is 16.1 Å². The number of allylic oxidation sites excluding steroid dienone is 2. The molecule has 0 bridgehead atoms. The van der Waals surface area contributed by atoms with E-state index in [0.717, 1.165) is 25.7 Å². The smallest absolute Gasteiger partial charge is 0.306 e. The first-order valence-electron chi connectivity index (χ1n) is 11.9. The molecule has 0 atom stereocenters. The first-order valence-corrected chi connectivity index (χ1v) is 11.9. The van der Waals surface area contributed by atoms with Crippen LogP contribution >= 0.6 is 0 Å². The zero-order valence-corrected chi connectivity index (χ0v) is 19.2. The second-order valence-electron chi connectivity index (χ2n) is 8.14. The minimum absolute atomic E-state index is 0.0805. The van der Waals surface area contributed by atoms with Crippen molar-refractivity contribution in [3.63, 3.8) is 0 Å². The molecule has 0 fully saturated rings. The van der Waals surface area contributed by atoms with Gasteiger partial charge in [-0.15, -0.1) is 0 Å². The maximum atomic E-state index is 11.9. The fourth-order valence-electron chi connectivity index (χ4n) is 3.47. The molecule has 0 amide bonds. The van der Waals surface area contributed by atoms with E-state index in [1.807, 2.05) is 0 Å². The molecule has 0 heterocycles. The van der Waals surface area contributed by atoms with Gasteiger partial charge in [0, 0.05) is 18.2 Å². The number of hydrogen-bond donors (Lipinski definition) is 1. The number of nitrogen functional groups attached to an aromatic ring is 1. The Labute approximate surface area is 187 Å². The molecule has 1 aromatic carbocycles. The average molecular weight is 433 g/mol. The third kappa shape index (κ3) is 13.5. The molecule has 0 saturated carbocycles. The van der Waals surface area contributed by atoms with E-state index in [9.17, 15) is 14.9 Å². The molecule has 6 heteroatoms. The SMILES string of the molecule is CCCCCCCCC=CCCCCCCCC(=O)OCc1cc(N)ccc1[N+](=O)[O-]. The maximum absolute atomic E-state index is 11.9. The quantitative estimate of drug-likeness (QED) is 0.0657. The number of nitro groups is 1. The van der Waals surface area contributed by atoms with Crippen LogP contribution in [0, 0.1) is 10.1 Å². The summed E-state index contributed by atoms with van der Waals surface area (Å²) in [6.07, 6.45) is 20.6. The number of carbonyl (C=O) groups excluding carboxylic acids is 1. The Hall–Kier alpha value is -2.37. The van der Waals surface area contributed by atoms with Gasteiger partial charge in [0.1, 0.15) is 6.61 Å². The maximum Gasteiger partial charge on any atom is 0.306 e. The molecule has 1 aromatic rings. The third-order valence-corrected chi connectivity index (χ3v) is 5.33. The van der Waals surface area contributed by atoms with Gasteiger partial charge in [-0.25, -0.2) is 0 Å². The summed E-state index contributed by atoms with van der Waals surface area (Å²) in [7, 11) is 0. The number of anilines is 1. The summed E-state index contributed by atoms with van der Waals surface area (Å²) < 4.78 is 5.18. The fourth-order valence-corrected chi connectivity index (χ4v) is 3.47. The summed E-state index contributed by atoms with van der Waals surface area (Å²) in [5.41, 5.74) is 6.32. The lowest BCUT2D eigenvalue weighted by Crippen LogP contribution is -2.06. The second-order valence-corrected chi connectivity index (χ2v) is 8.14. The normalized spacial score (nSPS) is 11.1. The van der Waals surface area contributed by atoms with E-state index >= 15 is 0 Å². The predicted octanol–water partition coefficient (Wildman–Crippen LogP) is 7.26. The lowest BCUT2D eigenvalue weighted by atomic mass is 10.1. The highest BCUT2D eigenvalue weighted by atomic mass is 16.6. The molecule has 0 aromatic heterocycles. The molecule has 0 saturated heterocycles. The number of esters is 1. The Morgan fingerprint density at radius 3 is 2.16 bits per heavy atom. The van der Waals surface area contributed by atoms with Crippen LogP contribution in [-0.4, -0.2) is 10.9 Å². The molecule has 0 aliphatic heterocycles. The third-order valence-electron chi connectivity index (χ3n) is 5.33. The van der Waals surface area contributed by atoms with E-state index in [4.69, 9.17) is 10.5 Å². The number of hydrogen-bond acceptors (Lipinski definition) is 5. The van der Waals surface area contributed by atoms with Gasteiger partial charge >= 0.3 is 5.97 Å². The van der Waals surface area contributed by atoms with Crippen molar-refractivity contribution in [1.82, 2.24) is 0 Å². The van der Waals surface area contributed by atoms with Gasteiger partial charge < -0.3 is 10.5 Å². The molecule has 0 spiro atoms. The number of nitro benzene ring substituents is 1. The molecule has 0 aliphatic rings. The number of benzene rings is 1. The van der Waals surface area contributed by atoms with Crippen molar-refractivity contribution in [3.05, 3.63) is 46.0 Å². The van der Waals surface area contributed by atoms with Gasteiger partial charge in [0.15, 0.2) is 0 Å². The minimum Gasteiger partial charge on any atom is -0.461 e. The van der Waals surface area contributed by atoms with Gasteiger partial charge in [-0.3, -0.25) is 14.9 Å². The van der Waals surface area contributed by atoms with Crippen molar-refractivity contribution in [2.45, 2.75) is 103 Å². The first-order chi connectivity index (χ1) is 15.0. The van der Waals surface area contributed by atoms with E-state index in [1.54, 1.807) is 0 Å². The Kier molecular flexibility index (Phi) is 14.9. The lowest BCUT2D eigenvalue weighted by molar-refractivity contribution is -0.385. The van der Waals surface area contributed by atoms with Crippen LogP contribution in [0.2, 0.25) is 0 Å². The van der Waals surface area contributed by atoms with Crippen molar-refractivity contribution < 1.29 is 14.5 Å². The Morgan fingerprint density at radius 2 is 1.55 bits per heavy atom. The monoisotopic (exact) mass is 432 g/mol. The van der Waals surface area contributed by atoms with Crippen molar-refractivity contribution in [1.29, 1.82) is 0 Å². The molecule has 174 valence electrons. The zero-order chi connectivity index (χ0) is 22.7. The van der Waals surface area contributed by atoms with Crippen LogP contribution in [0.3, 0.4) is 0 Å². The molecule has 31 heavy (non-hydrogen) atoms. The van der Waals surface area contributed by atoms with Crippen molar-refractivity contribution in [3.8, 4) is 0 Å². The molecule has 6 nitrogen and oxygen atoms in total. The molecule has 1 rings (SSSR count). The first kappa shape index (κ1) is 26.7. The van der Waals surface area contributed by atoms with Gasteiger partial charge in [0.25, 0.3) is 5.69 Å². The highest BCUT2D eigenvalue weighted by Crippen LogP contribution is 2.22. The van der Waals surface area contributed by atoms with Crippen LogP contribution in [0.5, 0.6) is 0 Å². The summed E-state index contributed by atoms with van der Waals surface area (Å²) in [5.74, 6) is -0.325. The van der Waals surface area contributed by atoms with E-state index in [1.165, 1.54) is 76.0 Å². The number of ether oxygens (including phenoxy) is 1. The van der Waals surface area contributed by atoms with Crippen LogP contribution in [0.1, 0.15) is 102 Å². The van der Waals surface area contributed by atoms with Crippen LogP contribution in [0.4, 0.5) is 11.4 Å². The molecular weight excluding hydrogens is 392 g/mol. The van der Waals surface area contributed by atoms with Crippen molar-refractivity contribution >= 4 is 17.3 Å². The highest BCUT2D eigenvalue weighted by molar-refractivity contribution is 5.69. The van der Waals surface area contributed by atoms with Crippen LogP contribution < -0.4 is 5.73 Å². The molecule has 0 radical (unpaired) electrons. The van der Waals surface area contributed by atoms with E-state index < -0.39 is 4.92 Å². The standard InChI is InChI=1S/C25H40N2O4/c1-2-3-4-5-6-7-8-9-10-11-12-13-14-15-16-17-25(28)31-21-22-20-23(26)18-19-24(22)27(29)30/h9-10,18-20H,2-8,11-17,21,26H2,1H3. The van der Waals surface area contributed by atoms with Gasteiger partial charge in [-0.05, 0) is 44.2 Å². The molecule has 0 unspecified atom stereocenters. The summed E-state index contributed by atoms with van der Waals surface area (Å²) in [4.78, 5) is 22.4. The fraction of sp³-hybridized carbons (Fsp3) is 0.640. The zero-order valence-electron chi connectivity index (χ0n) is 19.2. The van der Waals surface area contributed by atoms with Gasteiger partial charge in [-0.1, -0.05) is 70.4 Å². The summed E-state index contributed by atoms with van der Waals surface area (Å²) in [6, 6.07) is 4.28. The number of nitrogens with two attached hydrogens (primary N) is 1. The predicted molar refractivity (Wildman–Crippen MR) is 127 cm³/mol. The van der Waals surface area contributed by atoms with Gasteiger partial charge in [-0.2, -0.15) is 0 Å². The number of unbranched alkanes of at least 4 members (excludes halogenated alkanes) is 11. The Balaban J connectivity index is 2.00. The number of carbonyl (C=O) groups is 1. The van der Waals surface area contributed by atoms with E-state index in [0.29, 0.717) is 17.7 Å². The van der Waals surface area contributed by atoms with E-state index in [-0.39, 0.29) is 18.3 Å². The molecule has 0 aliphatic carbocycles. The highest BCUT2D eigenvalue weighted by Gasteiger charge is 2.15. The van der Waals surface area contributed by atoms with Crippen molar-refractivity contribution in [2.24, 2.45) is 0 Å². The average Bonchev–Trinajstić information content (AvgIpc) is 2.74. The largest absolute Gasteiger partial charge is 0.461 e. The topological polar surface area (TPSA) is 95.5 Å². The van der Waals surface area contributed by atoms with E-state index in [2.05, 4.69) is 19.1 Å². The van der Waals surface area contributed by atoms with Gasteiger partial charge in [0.05, 0.1) is 10.5 Å². The van der Waals surface area contributed by atoms with Crippen LogP contribution in [0.15, 0.2) is 30.4 Å². The summed E-state index contributed by atoms with van der Waals surface area (Å²) >= 11 is 0. The lowest BCUT2D eigenvalue weighted by Gasteiger charge is -2.06. The summed E-state index contributed by atoms with van der Waals surface area (Å²) in [6.45, 7) is 2.13. The number of rotatable bonds is 18. The molecule has 2 N–H and O–H groups in total. The Morgan fingerprint density at radius 1 is 0.968 bits per heavy atom. The van der Waals surface area contributed by atoms with Crippen molar-refractivity contribution in [2.75, 3.05) is 5.73 Å². The Bertz CT molecular complexity index is 673.